The molecule has 1 aliphatic heterocycles. The fourth-order valence-electron chi connectivity index (χ4n) is 2.69. The van der Waals surface area contributed by atoms with Gasteiger partial charge in [0, 0.05) is 29.9 Å². The molecule has 2 unspecified atom stereocenters. The molecule has 1 saturated heterocycles. The number of carbonyl (C=O) groups excluding carboxylic acids is 1. The lowest BCUT2D eigenvalue weighted by Gasteiger charge is -2.35. The number of amides is 1. The summed E-state index contributed by atoms with van der Waals surface area (Å²) in [5.74, 6) is 0.962. The van der Waals surface area contributed by atoms with E-state index in [1.807, 2.05) is 0 Å². The number of hydrogen-bond donors (Lipinski definition) is 2. The summed E-state index contributed by atoms with van der Waals surface area (Å²) >= 11 is 0. The lowest BCUT2D eigenvalue weighted by atomic mass is 9.94. The predicted molar refractivity (Wildman–Crippen MR) is 79.9 cm³/mol. The summed E-state index contributed by atoms with van der Waals surface area (Å²) in [6.07, 6.45) is 0.975. The molecule has 3 N–H and O–H groups in total. The molecular weight excluding hydrogens is 254 g/mol. The van der Waals surface area contributed by atoms with E-state index in [4.69, 9.17) is 10.5 Å². The quantitative estimate of drug-likeness (QED) is 0.818. The van der Waals surface area contributed by atoms with Gasteiger partial charge in [-0.05, 0) is 38.1 Å². The van der Waals surface area contributed by atoms with Crippen LogP contribution in [0.15, 0.2) is 18.2 Å². The van der Waals surface area contributed by atoms with Crippen LogP contribution in [0, 0.1) is 5.92 Å². The van der Waals surface area contributed by atoms with Crippen LogP contribution in [0.5, 0.6) is 5.75 Å². The van der Waals surface area contributed by atoms with Gasteiger partial charge in [0.25, 0.3) is 5.91 Å². The maximum absolute atomic E-state index is 12.3. The van der Waals surface area contributed by atoms with Crippen molar-refractivity contribution in [2.24, 2.45) is 5.92 Å². The van der Waals surface area contributed by atoms with Crippen LogP contribution < -0.4 is 15.8 Å². The molecule has 1 fully saturated rings. The molecule has 1 aliphatic rings. The van der Waals surface area contributed by atoms with E-state index < -0.39 is 0 Å². The fourth-order valence-corrected chi connectivity index (χ4v) is 2.69. The van der Waals surface area contributed by atoms with Crippen LogP contribution in [0.3, 0.4) is 0 Å². The van der Waals surface area contributed by atoms with E-state index in [0.29, 0.717) is 22.9 Å². The van der Waals surface area contributed by atoms with Crippen molar-refractivity contribution in [2.45, 2.75) is 19.4 Å². The van der Waals surface area contributed by atoms with Crippen LogP contribution in [0.1, 0.15) is 23.7 Å². The average Bonchev–Trinajstić information content (AvgIpc) is 2.41. The van der Waals surface area contributed by atoms with Crippen molar-refractivity contribution in [1.82, 2.24) is 10.2 Å². The molecule has 1 amide bonds. The summed E-state index contributed by atoms with van der Waals surface area (Å²) in [6, 6.07) is 5.31. The molecule has 0 saturated carbocycles. The van der Waals surface area contributed by atoms with Gasteiger partial charge < -0.3 is 20.7 Å². The van der Waals surface area contributed by atoms with Crippen LogP contribution in [-0.2, 0) is 0 Å². The zero-order valence-corrected chi connectivity index (χ0v) is 12.3. The molecule has 5 heteroatoms. The normalized spacial score (nSPS) is 23.4. The maximum Gasteiger partial charge on any atom is 0.251 e. The highest BCUT2D eigenvalue weighted by Crippen LogP contribution is 2.20. The summed E-state index contributed by atoms with van der Waals surface area (Å²) in [5.41, 5.74) is 6.87. The van der Waals surface area contributed by atoms with Gasteiger partial charge in [-0.1, -0.05) is 6.92 Å². The van der Waals surface area contributed by atoms with Crippen LogP contribution in [0.2, 0.25) is 0 Å². The number of carbonyl (C=O) groups is 1. The largest absolute Gasteiger partial charge is 0.497 e. The fraction of sp³-hybridized carbons (Fsp3) is 0.533. The van der Waals surface area contributed by atoms with Crippen molar-refractivity contribution in [2.75, 3.05) is 33.0 Å². The number of nitrogens with one attached hydrogen (secondary N) is 1. The first-order valence-corrected chi connectivity index (χ1v) is 6.93. The Labute approximate surface area is 120 Å². The highest BCUT2D eigenvalue weighted by molar-refractivity contribution is 5.95. The van der Waals surface area contributed by atoms with Crippen LogP contribution in [0.4, 0.5) is 5.69 Å². The number of rotatable bonds is 3. The topological polar surface area (TPSA) is 67.6 Å². The number of benzene rings is 1. The third kappa shape index (κ3) is 3.42. The van der Waals surface area contributed by atoms with Gasteiger partial charge in [0.2, 0.25) is 0 Å². The first-order chi connectivity index (χ1) is 9.49. The van der Waals surface area contributed by atoms with Gasteiger partial charge in [0.1, 0.15) is 5.75 Å². The lowest BCUT2D eigenvalue weighted by molar-refractivity contribution is 0.0883. The smallest absolute Gasteiger partial charge is 0.251 e. The van der Waals surface area contributed by atoms with Crippen LogP contribution in [-0.4, -0.2) is 44.1 Å². The second kappa shape index (κ2) is 6.13. The maximum atomic E-state index is 12.3. The molecule has 0 aliphatic carbocycles. The Morgan fingerprint density at radius 3 is 2.85 bits per heavy atom. The SMILES string of the molecule is COc1cc(N)cc(C(=O)NC2CCN(C)CC2C)c1. The average molecular weight is 277 g/mol. The summed E-state index contributed by atoms with van der Waals surface area (Å²) in [4.78, 5) is 14.6. The van der Waals surface area contributed by atoms with Crippen molar-refractivity contribution >= 4 is 11.6 Å². The highest BCUT2D eigenvalue weighted by atomic mass is 16.5. The number of ether oxygens (including phenoxy) is 1. The van der Waals surface area contributed by atoms with E-state index in [2.05, 4.69) is 24.2 Å². The lowest BCUT2D eigenvalue weighted by Crippen LogP contribution is -2.48. The summed E-state index contributed by atoms with van der Waals surface area (Å²) in [5, 5.41) is 3.11. The first kappa shape index (κ1) is 14.7. The Bertz CT molecular complexity index is 490. The Morgan fingerprint density at radius 2 is 2.20 bits per heavy atom. The van der Waals surface area contributed by atoms with Crippen molar-refractivity contribution < 1.29 is 9.53 Å². The zero-order valence-electron chi connectivity index (χ0n) is 12.3. The highest BCUT2D eigenvalue weighted by Gasteiger charge is 2.25. The minimum atomic E-state index is -0.0861. The standard InChI is InChI=1S/C15H23N3O2/c1-10-9-18(2)5-4-14(10)17-15(19)11-6-12(16)8-13(7-11)20-3/h6-8,10,14H,4-5,9,16H2,1-3H3,(H,17,19). The monoisotopic (exact) mass is 277 g/mol. The minimum Gasteiger partial charge on any atom is -0.497 e. The van der Waals surface area contributed by atoms with E-state index in [0.717, 1.165) is 19.5 Å². The molecule has 110 valence electrons. The first-order valence-electron chi connectivity index (χ1n) is 6.93. The molecule has 2 atom stereocenters. The van der Waals surface area contributed by atoms with Gasteiger partial charge in [0.15, 0.2) is 0 Å². The third-order valence-corrected chi connectivity index (χ3v) is 3.85. The molecule has 1 aromatic carbocycles. The number of nitrogen functional groups attached to an aromatic ring is 1. The molecule has 0 bridgehead atoms. The number of likely N-dealkylation sites (tertiary alicyclic amines) is 1. The summed E-state index contributed by atoms with van der Waals surface area (Å²) in [6.45, 7) is 4.18. The van der Waals surface area contributed by atoms with Gasteiger partial charge in [-0.3, -0.25) is 4.79 Å². The number of nitrogens with two attached hydrogens (primary N) is 1. The van der Waals surface area contributed by atoms with Crippen molar-refractivity contribution in [3.8, 4) is 5.75 Å². The number of nitrogens with zero attached hydrogens (tertiary/aromatic N) is 1. The Kier molecular flexibility index (Phi) is 4.49. The number of hydrogen-bond acceptors (Lipinski definition) is 4. The van der Waals surface area contributed by atoms with E-state index in [1.54, 1.807) is 25.3 Å². The van der Waals surface area contributed by atoms with E-state index in [-0.39, 0.29) is 11.9 Å². The van der Waals surface area contributed by atoms with E-state index in [1.165, 1.54) is 0 Å². The van der Waals surface area contributed by atoms with Crippen molar-refractivity contribution in [1.29, 1.82) is 0 Å². The molecule has 0 aromatic heterocycles. The molecule has 0 radical (unpaired) electrons. The second-order valence-electron chi connectivity index (χ2n) is 5.60. The van der Waals surface area contributed by atoms with E-state index >= 15 is 0 Å². The molecule has 20 heavy (non-hydrogen) atoms. The number of anilines is 1. The Hall–Kier alpha value is -1.75. The molecular formula is C15H23N3O2. The third-order valence-electron chi connectivity index (χ3n) is 3.85. The Morgan fingerprint density at radius 1 is 1.45 bits per heavy atom. The summed E-state index contributed by atoms with van der Waals surface area (Å²) in [7, 11) is 3.67. The van der Waals surface area contributed by atoms with Gasteiger partial charge in [-0.25, -0.2) is 0 Å². The van der Waals surface area contributed by atoms with E-state index in [9.17, 15) is 4.79 Å². The van der Waals surface area contributed by atoms with Gasteiger partial charge in [0.05, 0.1) is 7.11 Å². The van der Waals surface area contributed by atoms with Gasteiger partial charge in [-0.2, -0.15) is 0 Å². The van der Waals surface area contributed by atoms with Crippen molar-refractivity contribution in [3.63, 3.8) is 0 Å². The molecule has 2 rings (SSSR count). The number of methoxy groups -OCH3 is 1. The molecule has 1 heterocycles. The van der Waals surface area contributed by atoms with Gasteiger partial charge >= 0.3 is 0 Å². The molecule has 1 aromatic rings. The zero-order chi connectivity index (χ0) is 14.7. The van der Waals surface area contributed by atoms with Crippen LogP contribution in [0.25, 0.3) is 0 Å². The van der Waals surface area contributed by atoms with Crippen LogP contribution >= 0.6 is 0 Å². The molecule has 5 nitrogen and oxygen atoms in total. The predicted octanol–water partition coefficient (Wildman–Crippen LogP) is 1.35. The molecule has 0 spiro atoms. The number of piperidine rings is 1. The second-order valence-corrected chi connectivity index (χ2v) is 5.60. The summed E-state index contributed by atoms with van der Waals surface area (Å²) < 4.78 is 5.14. The Balaban J connectivity index is 2.06. The minimum absolute atomic E-state index is 0.0861. The van der Waals surface area contributed by atoms with Crippen molar-refractivity contribution in [3.05, 3.63) is 23.8 Å². The van der Waals surface area contributed by atoms with Gasteiger partial charge in [-0.15, -0.1) is 0 Å².